The van der Waals surface area contributed by atoms with Crippen LogP contribution in [0.1, 0.15) is 25.8 Å². The Hall–Kier alpha value is -1.47. The molecule has 2 atom stereocenters. The van der Waals surface area contributed by atoms with Gasteiger partial charge in [-0.1, -0.05) is 13.0 Å². The molecule has 5 nitrogen and oxygen atoms in total. The largest absolute Gasteiger partial charge is 0.481 e. The number of carbonyl (C=O) groups is 2. The number of aliphatic carboxylic acids is 1. The molecule has 0 bridgehead atoms. The summed E-state index contributed by atoms with van der Waals surface area (Å²) in [7, 11) is 1.45. The van der Waals surface area contributed by atoms with Crippen molar-refractivity contribution in [2.24, 2.45) is 5.92 Å². The van der Waals surface area contributed by atoms with Crippen LogP contribution in [-0.2, 0) is 20.7 Å². The van der Waals surface area contributed by atoms with Gasteiger partial charge in [-0.15, -0.1) is 0 Å². The Labute approximate surface area is 143 Å². The van der Waals surface area contributed by atoms with Gasteiger partial charge in [-0.2, -0.15) is 0 Å². The second-order valence-electron chi connectivity index (χ2n) is 5.91. The molecule has 2 N–H and O–H groups in total. The van der Waals surface area contributed by atoms with E-state index in [2.05, 4.69) is 21.2 Å². The fourth-order valence-corrected chi connectivity index (χ4v) is 2.74. The van der Waals surface area contributed by atoms with Gasteiger partial charge in [0.15, 0.2) is 0 Å². The molecular formula is C16H21BrFNO4. The molecule has 0 saturated heterocycles. The smallest absolute Gasteiger partial charge is 0.305 e. The molecule has 0 aliphatic heterocycles. The highest BCUT2D eigenvalue weighted by Crippen LogP contribution is 2.20. The third kappa shape index (κ3) is 6.27. The van der Waals surface area contributed by atoms with Crippen molar-refractivity contribution in [2.75, 3.05) is 13.7 Å². The zero-order valence-electron chi connectivity index (χ0n) is 13.4. The van der Waals surface area contributed by atoms with Crippen molar-refractivity contribution >= 4 is 27.8 Å². The molecule has 0 aromatic heterocycles. The van der Waals surface area contributed by atoms with Crippen molar-refractivity contribution in [3.63, 3.8) is 0 Å². The molecule has 0 aliphatic carbocycles. The van der Waals surface area contributed by atoms with Gasteiger partial charge in [0, 0.05) is 13.0 Å². The van der Waals surface area contributed by atoms with Gasteiger partial charge >= 0.3 is 5.97 Å². The molecule has 0 spiro atoms. The first-order valence-electron chi connectivity index (χ1n) is 7.13. The average Bonchev–Trinajstić information content (AvgIpc) is 2.41. The number of halogens is 2. The first-order chi connectivity index (χ1) is 10.7. The quantitative estimate of drug-likeness (QED) is 0.716. The number of ether oxygens (including phenoxy) is 1. The second kappa shape index (κ2) is 8.40. The maximum atomic E-state index is 13.2. The number of carboxylic acid groups (broad SMARTS) is 1. The van der Waals surface area contributed by atoms with Crippen molar-refractivity contribution < 1.29 is 23.8 Å². The predicted octanol–water partition coefficient (Wildman–Crippen LogP) is 2.76. The summed E-state index contributed by atoms with van der Waals surface area (Å²) in [6.07, 6.45) is 0.183. The van der Waals surface area contributed by atoms with Crippen LogP contribution in [-0.4, -0.2) is 36.2 Å². The molecule has 1 aromatic rings. The van der Waals surface area contributed by atoms with Crippen molar-refractivity contribution in [2.45, 2.75) is 32.2 Å². The zero-order chi connectivity index (χ0) is 17.6. The molecule has 0 aliphatic rings. The van der Waals surface area contributed by atoms with Crippen LogP contribution in [0.25, 0.3) is 0 Å². The predicted molar refractivity (Wildman–Crippen MR) is 87.6 cm³/mol. The average molecular weight is 390 g/mol. The number of hydrogen-bond acceptors (Lipinski definition) is 3. The Bertz CT molecular complexity index is 581. The van der Waals surface area contributed by atoms with Gasteiger partial charge in [0.2, 0.25) is 5.91 Å². The monoisotopic (exact) mass is 389 g/mol. The Morgan fingerprint density at radius 1 is 1.48 bits per heavy atom. The van der Waals surface area contributed by atoms with Gasteiger partial charge in [-0.3, -0.25) is 9.59 Å². The van der Waals surface area contributed by atoms with Crippen molar-refractivity contribution in [3.8, 4) is 0 Å². The van der Waals surface area contributed by atoms with Crippen LogP contribution in [0.3, 0.4) is 0 Å². The van der Waals surface area contributed by atoms with E-state index < -0.39 is 17.4 Å². The van der Waals surface area contributed by atoms with E-state index in [0.717, 1.165) is 5.56 Å². The zero-order valence-corrected chi connectivity index (χ0v) is 14.9. The highest BCUT2D eigenvalue weighted by Gasteiger charge is 2.31. The lowest BCUT2D eigenvalue weighted by molar-refractivity contribution is -0.140. The molecule has 0 fully saturated rings. The van der Waals surface area contributed by atoms with E-state index in [1.54, 1.807) is 26.0 Å². The van der Waals surface area contributed by atoms with Gasteiger partial charge in [-0.05, 0) is 47.0 Å². The number of methoxy groups -OCH3 is 1. The van der Waals surface area contributed by atoms with E-state index in [-0.39, 0.29) is 24.8 Å². The maximum absolute atomic E-state index is 13.2. The molecule has 1 rings (SSSR count). The highest BCUT2D eigenvalue weighted by molar-refractivity contribution is 9.10. The molecule has 1 aromatic carbocycles. The lowest BCUT2D eigenvalue weighted by Crippen LogP contribution is -2.52. The van der Waals surface area contributed by atoms with E-state index >= 15 is 0 Å². The van der Waals surface area contributed by atoms with Crippen LogP contribution in [0.4, 0.5) is 4.39 Å². The van der Waals surface area contributed by atoms with Crippen LogP contribution < -0.4 is 5.32 Å². The molecule has 23 heavy (non-hydrogen) atoms. The summed E-state index contributed by atoms with van der Waals surface area (Å²) in [5, 5.41) is 11.7. The number of hydrogen-bond donors (Lipinski definition) is 2. The van der Waals surface area contributed by atoms with Gasteiger partial charge in [-0.25, -0.2) is 4.39 Å². The van der Waals surface area contributed by atoms with Crippen LogP contribution >= 0.6 is 15.9 Å². The summed E-state index contributed by atoms with van der Waals surface area (Å²) in [5.74, 6) is -2.04. The Morgan fingerprint density at radius 3 is 2.65 bits per heavy atom. The second-order valence-corrected chi connectivity index (χ2v) is 6.76. The fourth-order valence-electron chi connectivity index (χ4n) is 2.32. The number of nitrogens with one attached hydrogen (secondary N) is 1. The molecule has 1 amide bonds. The maximum Gasteiger partial charge on any atom is 0.305 e. The molecule has 0 saturated carbocycles. The van der Waals surface area contributed by atoms with Crippen LogP contribution in [0.5, 0.6) is 0 Å². The van der Waals surface area contributed by atoms with E-state index in [4.69, 9.17) is 9.84 Å². The minimum absolute atomic E-state index is 0.0971. The molecule has 128 valence electrons. The first-order valence-corrected chi connectivity index (χ1v) is 7.93. The van der Waals surface area contributed by atoms with E-state index in [1.165, 1.54) is 13.2 Å². The third-order valence-corrected chi connectivity index (χ3v) is 4.01. The Morgan fingerprint density at radius 2 is 2.13 bits per heavy atom. The standard InChI is InChI=1S/C16H21BrFNO4/c1-10(6-11-4-5-13(18)12(17)7-11)15(22)19-16(2,9-23-3)8-14(20)21/h4-5,7,10H,6,8-9H2,1-3H3,(H,19,22)(H,20,21). The fraction of sp³-hybridized carbons (Fsp3) is 0.500. The van der Waals surface area contributed by atoms with Gasteiger partial charge < -0.3 is 15.2 Å². The summed E-state index contributed by atoms with van der Waals surface area (Å²) >= 11 is 3.11. The summed E-state index contributed by atoms with van der Waals surface area (Å²) < 4.78 is 18.6. The number of rotatable bonds is 8. The van der Waals surface area contributed by atoms with Crippen molar-refractivity contribution in [1.82, 2.24) is 5.32 Å². The summed E-state index contributed by atoms with van der Waals surface area (Å²) in [5.41, 5.74) is -0.164. The van der Waals surface area contributed by atoms with Crippen LogP contribution in [0.2, 0.25) is 0 Å². The van der Waals surface area contributed by atoms with Gasteiger partial charge in [0.05, 0.1) is 23.0 Å². The molecule has 7 heteroatoms. The molecule has 2 unspecified atom stereocenters. The van der Waals surface area contributed by atoms with E-state index in [9.17, 15) is 14.0 Å². The Kier molecular flexibility index (Phi) is 7.15. The number of benzene rings is 1. The van der Waals surface area contributed by atoms with E-state index in [0.29, 0.717) is 10.9 Å². The molecular weight excluding hydrogens is 369 g/mol. The minimum atomic E-state index is -1.01. The number of carboxylic acids is 1. The number of amides is 1. The van der Waals surface area contributed by atoms with Crippen LogP contribution in [0, 0.1) is 11.7 Å². The summed E-state index contributed by atoms with van der Waals surface area (Å²) in [6.45, 7) is 3.46. The van der Waals surface area contributed by atoms with E-state index in [1.807, 2.05) is 0 Å². The normalized spacial score (nSPS) is 14.8. The summed E-state index contributed by atoms with van der Waals surface area (Å²) in [4.78, 5) is 23.3. The minimum Gasteiger partial charge on any atom is -0.481 e. The first kappa shape index (κ1) is 19.6. The lowest BCUT2D eigenvalue weighted by atomic mass is 9.95. The molecule has 0 heterocycles. The SMILES string of the molecule is COCC(C)(CC(=O)O)NC(=O)C(C)Cc1ccc(F)c(Br)c1. The van der Waals surface area contributed by atoms with Crippen molar-refractivity contribution in [1.29, 1.82) is 0 Å². The topological polar surface area (TPSA) is 75.6 Å². The Balaban J connectivity index is 2.74. The molecule has 0 radical (unpaired) electrons. The van der Waals surface area contributed by atoms with Gasteiger partial charge in [0.1, 0.15) is 5.82 Å². The number of carbonyl (C=O) groups excluding carboxylic acids is 1. The highest BCUT2D eigenvalue weighted by atomic mass is 79.9. The van der Waals surface area contributed by atoms with Crippen molar-refractivity contribution in [3.05, 3.63) is 34.1 Å². The van der Waals surface area contributed by atoms with Gasteiger partial charge in [0.25, 0.3) is 0 Å². The van der Waals surface area contributed by atoms with Crippen LogP contribution in [0.15, 0.2) is 22.7 Å². The third-order valence-electron chi connectivity index (χ3n) is 3.40. The summed E-state index contributed by atoms with van der Waals surface area (Å²) in [6, 6.07) is 4.59. The lowest BCUT2D eigenvalue weighted by Gasteiger charge is -2.30.